The second-order valence-corrected chi connectivity index (χ2v) is 6.06. The highest BCUT2D eigenvalue weighted by atomic mass is 35.5. The topological polar surface area (TPSA) is 99.5 Å². The van der Waals surface area contributed by atoms with Crippen LogP contribution in [-0.2, 0) is 11.2 Å². The fourth-order valence-electron chi connectivity index (χ4n) is 2.64. The van der Waals surface area contributed by atoms with Gasteiger partial charge in [0.25, 0.3) is 5.91 Å². The first-order chi connectivity index (χ1) is 12.5. The zero-order valence-electron chi connectivity index (χ0n) is 13.5. The lowest BCUT2D eigenvalue weighted by molar-refractivity contribution is -0.139. The minimum absolute atomic E-state index is 0.0542. The van der Waals surface area contributed by atoms with Crippen molar-refractivity contribution in [3.63, 3.8) is 0 Å². The number of nitrogens with zero attached hydrogens (tertiary/aromatic N) is 1. The number of nitrogens with one attached hydrogen (secondary N) is 1. The van der Waals surface area contributed by atoms with E-state index in [9.17, 15) is 19.8 Å². The standard InChI is InChI=1S/C19H15ClN2O4/c20-17-13-9-5-4-8-12(13)16(23)15(22-17)18(24)21-14(19(25)26)10-11-6-2-1-3-7-11/h1-9,14,23H,10H2,(H,21,24)(H,25,26)/t14-/m0/s1. The SMILES string of the molecule is O=C(N[C@@H](Cc1ccccc1)C(=O)O)c1nc(Cl)c2ccccc2c1O. The number of halogens is 1. The van der Waals surface area contributed by atoms with Gasteiger partial charge >= 0.3 is 5.97 Å². The Hall–Kier alpha value is -3.12. The molecule has 7 heteroatoms. The van der Waals surface area contributed by atoms with Crippen molar-refractivity contribution in [2.75, 3.05) is 0 Å². The summed E-state index contributed by atoms with van der Waals surface area (Å²) < 4.78 is 0. The Labute approximate surface area is 154 Å². The summed E-state index contributed by atoms with van der Waals surface area (Å²) in [5.74, 6) is -2.33. The van der Waals surface area contributed by atoms with Crippen molar-refractivity contribution < 1.29 is 19.8 Å². The molecule has 1 atom stereocenters. The highest BCUT2D eigenvalue weighted by molar-refractivity contribution is 6.34. The molecule has 1 amide bonds. The predicted octanol–water partition coefficient (Wildman–Crippen LogP) is 3.02. The monoisotopic (exact) mass is 370 g/mol. The third kappa shape index (κ3) is 3.60. The van der Waals surface area contributed by atoms with Gasteiger partial charge in [0.05, 0.1) is 0 Å². The fraction of sp³-hybridized carbons (Fsp3) is 0.105. The predicted molar refractivity (Wildman–Crippen MR) is 97.5 cm³/mol. The normalized spacial score (nSPS) is 11.9. The van der Waals surface area contributed by atoms with Crippen LogP contribution in [0.2, 0.25) is 5.15 Å². The molecule has 0 fully saturated rings. The molecule has 0 bridgehead atoms. The number of carboxylic acid groups (broad SMARTS) is 1. The number of aromatic nitrogens is 1. The summed E-state index contributed by atoms with van der Waals surface area (Å²) in [5.41, 5.74) is 0.446. The summed E-state index contributed by atoms with van der Waals surface area (Å²) >= 11 is 6.09. The second kappa shape index (κ2) is 7.41. The number of carbonyl (C=O) groups is 2. The fourth-order valence-corrected chi connectivity index (χ4v) is 2.89. The molecule has 132 valence electrons. The maximum Gasteiger partial charge on any atom is 0.326 e. The molecule has 0 unspecified atom stereocenters. The molecule has 0 radical (unpaired) electrons. The highest BCUT2D eigenvalue weighted by Crippen LogP contribution is 2.31. The molecule has 3 N–H and O–H groups in total. The van der Waals surface area contributed by atoms with E-state index in [1.807, 2.05) is 6.07 Å². The zero-order chi connectivity index (χ0) is 18.7. The lowest BCUT2D eigenvalue weighted by Crippen LogP contribution is -2.42. The van der Waals surface area contributed by atoms with Crippen molar-refractivity contribution in [2.24, 2.45) is 0 Å². The van der Waals surface area contributed by atoms with E-state index in [1.54, 1.807) is 48.5 Å². The van der Waals surface area contributed by atoms with Crippen LogP contribution in [0.5, 0.6) is 5.75 Å². The van der Waals surface area contributed by atoms with Gasteiger partial charge in [0.1, 0.15) is 11.2 Å². The maximum absolute atomic E-state index is 12.5. The Morgan fingerprint density at radius 1 is 1.04 bits per heavy atom. The van der Waals surface area contributed by atoms with Crippen LogP contribution in [0.25, 0.3) is 10.8 Å². The van der Waals surface area contributed by atoms with Crippen molar-refractivity contribution in [3.8, 4) is 5.75 Å². The van der Waals surface area contributed by atoms with E-state index in [2.05, 4.69) is 10.3 Å². The van der Waals surface area contributed by atoms with E-state index < -0.39 is 17.9 Å². The molecule has 1 aromatic heterocycles. The van der Waals surface area contributed by atoms with Crippen molar-refractivity contribution in [2.45, 2.75) is 12.5 Å². The molecule has 0 saturated carbocycles. The van der Waals surface area contributed by atoms with E-state index in [1.165, 1.54) is 0 Å². The molecule has 6 nitrogen and oxygen atoms in total. The number of aliphatic carboxylic acids is 1. The molecule has 1 heterocycles. The van der Waals surface area contributed by atoms with Gasteiger partial charge in [-0.15, -0.1) is 0 Å². The van der Waals surface area contributed by atoms with Crippen molar-refractivity contribution >= 4 is 34.2 Å². The molecule has 26 heavy (non-hydrogen) atoms. The molecule has 3 rings (SSSR count). The summed E-state index contributed by atoms with van der Waals surface area (Å²) in [5, 5.41) is 23.1. The number of pyridine rings is 1. The first-order valence-electron chi connectivity index (χ1n) is 7.82. The molecule has 2 aromatic carbocycles. The molecular formula is C19H15ClN2O4. The minimum atomic E-state index is -1.19. The number of aromatic hydroxyl groups is 1. The van der Waals surface area contributed by atoms with Gasteiger partial charge in [0.2, 0.25) is 0 Å². The van der Waals surface area contributed by atoms with E-state index in [-0.39, 0.29) is 23.0 Å². The van der Waals surface area contributed by atoms with Crippen LogP contribution in [0.1, 0.15) is 16.1 Å². The van der Waals surface area contributed by atoms with Gasteiger partial charge in [-0.2, -0.15) is 0 Å². The van der Waals surface area contributed by atoms with E-state index in [4.69, 9.17) is 11.6 Å². The van der Waals surface area contributed by atoms with Gasteiger partial charge in [-0.25, -0.2) is 9.78 Å². The summed E-state index contributed by atoms with van der Waals surface area (Å²) in [6.45, 7) is 0. The molecular weight excluding hydrogens is 356 g/mol. The van der Waals surface area contributed by atoms with Crippen LogP contribution in [0, 0.1) is 0 Å². The Morgan fingerprint density at radius 3 is 2.31 bits per heavy atom. The van der Waals surface area contributed by atoms with Gasteiger partial charge in [0.15, 0.2) is 11.4 Å². The average Bonchev–Trinajstić information content (AvgIpc) is 2.65. The van der Waals surface area contributed by atoms with Gasteiger partial charge in [-0.05, 0) is 5.56 Å². The smallest absolute Gasteiger partial charge is 0.326 e. The quantitative estimate of drug-likeness (QED) is 0.599. The Bertz CT molecular complexity index is 976. The molecule has 0 spiro atoms. The molecule has 0 aliphatic heterocycles. The average molecular weight is 371 g/mol. The minimum Gasteiger partial charge on any atom is -0.505 e. The summed E-state index contributed by atoms with van der Waals surface area (Å²) in [4.78, 5) is 28.0. The van der Waals surface area contributed by atoms with Crippen LogP contribution in [0.4, 0.5) is 0 Å². The first-order valence-corrected chi connectivity index (χ1v) is 8.20. The Balaban J connectivity index is 1.89. The lowest BCUT2D eigenvalue weighted by atomic mass is 10.1. The van der Waals surface area contributed by atoms with E-state index >= 15 is 0 Å². The maximum atomic E-state index is 12.5. The number of amides is 1. The summed E-state index contributed by atoms with van der Waals surface area (Å²) in [6.07, 6.45) is 0.101. The highest BCUT2D eigenvalue weighted by Gasteiger charge is 2.25. The summed E-state index contributed by atoms with van der Waals surface area (Å²) in [6, 6.07) is 14.4. The number of fused-ring (bicyclic) bond motifs is 1. The number of rotatable bonds is 5. The zero-order valence-corrected chi connectivity index (χ0v) is 14.3. The number of hydrogen-bond donors (Lipinski definition) is 3. The van der Waals surface area contributed by atoms with Gasteiger partial charge in [-0.1, -0.05) is 66.2 Å². The van der Waals surface area contributed by atoms with Crippen LogP contribution in [0.3, 0.4) is 0 Å². The van der Waals surface area contributed by atoms with Crippen molar-refractivity contribution in [3.05, 3.63) is 71.0 Å². The third-order valence-corrected chi connectivity index (χ3v) is 4.23. The largest absolute Gasteiger partial charge is 0.505 e. The molecule has 0 aliphatic rings. The first kappa shape index (κ1) is 17.7. The third-order valence-electron chi connectivity index (χ3n) is 3.94. The second-order valence-electron chi connectivity index (χ2n) is 5.70. The van der Waals surface area contributed by atoms with Crippen LogP contribution in [0.15, 0.2) is 54.6 Å². The molecule has 3 aromatic rings. The van der Waals surface area contributed by atoms with Gasteiger partial charge in [-0.3, -0.25) is 4.79 Å². The molecule has 0 aliphatic carbocycles. The van der Waals surface area contributed by atoms with Crippen LogP contribution >= 0.6 is 11.6 Å². The van der Waals surface area contributed by atoms with E-state index in [0.717, 1.165) is 5.56 Å². The van der Waals surface area contributed by atoms with Gasteiger partial charge < -0.3 is 15.5 Å². The Morgan fingerprint density at radius 2 is 1.65 bits per heavy atom. The van der Waals surface area contributed by atoms with Crippen molar-refractivity contribution in [1.29, 1.82) is 0 Å². The molecule has 0 saturated heterocycles. The number of benzene rings is 2. The number of carbonyl (C=O) groups excluding carboxylic acids is 1. The Kier molecular flexibility index (Phi) is 5.04. The summed E-state index contributed by atoms with van der Waals surface area (Å²) in [7, 11) is 0. The van der Waals surface area contributed by atoms with Crippen LogP contribution < -0.4 is 5.32 Å². The lowest BCUT2D eigenvalue weighted by Gasteiger charge is -2.15. The van der Waals surface area contributed by atoms with E-state index in [0.29, 0.717) is 10.8 Å². The number of carboxylic acids is 1. The van der Waals surface area contributed by atoms with Gasteiger partial charge in [0, 0.05) is 17.2 Å². The van der Waals surface area contributed by atoms with Crippen LogP contribution in [-0.4, -0.2) is 33.1 Å². The number of hydrogen-bond acceptors (Lipinski definition) is 4. The van der Waals surface area contributed by atoms with Crippen molar-refractivity contribution in [1.82, 2.24) is 10.3 Å².